The van der Waals surface area contributed by atoms with E-state index in [2.05, 4.69) is 5.32 Å². The number of carbonyl (C=O) groups is 1. The van der Waals surface area contributed by atoms with Crippen molar-refractivity contribution >= 4 is 17.3 Å². The number of hydrogen-bond acceptors (Lipinski definition) is 4. The van der Waals surface area contributed by atoms with Crippen molar-refractivity contribution in [3.8, 4) is 0 Å². The third kappa shape index (κ3) is 4.20. The summed E-state index contributed by atoms with van der Waals surface area (Å²) in [4.78, 5) is 20.7. The molecule has 1 atom stereocenters. The number of non-ortho nitro benzene ring substituents is 1. The number of carboxylic acids is 1. The van der Waals surface area contributed by atoms with Gasteiger partial charge in [-0.2, -0.15) is 0 Å². The number of benzene rings is 1. The number of halogens is 1. The maximum absolute atomic E-state index is 13.5. The van der Waals surface area contributed by atoms with Crippen LogP contribution in [-0.2, 0) is 4.79 Å². The van der Waals surface area contributed by atoms with Crippen LogP contribution in [-0.4, -0.2) is 22.5 Å². The highest BCUT2D eigenvalue weighted by molar-refractivity contribution is 5.70. The van der Waals surface area contributed by atoms with Gasteiger partial charge < -0.3 is 10.4 Å². The van der Waals surface area contributed by atoms with Crippen LogP contribution in [0, 0.1) is 21.8 Å². The molecule has 2 N–H and O–H groups in total. The number of nitro groups is 1. The lowest BCUT2D eigenvalue weighted by molar-refractivity contribution is -0.385. The van der Waals surface area contributed by atoms with Crippen LogP contribution in [0.5, 0.6) is 0 Å². The summed E-state index contributed by atoms with van der Waals surface area (Å²) in [5.41, 5.74) is -0.278. The SMILES string of the molecule is CCCC(CNc1ccc([N+](=O)[O-])cc1F)C(=O)O. The summed E-state index contributed by atoms with van der Waals surface area (Å²) >= 11 is 0. The third-order valence-corrected chi connectivity index (χ3v) is 2.69. The maximum atomic E-state index is 13.5. The van der Waals surface area contributed by atoms with Crippen molar-refractivity contribution in [2.75, 3.05) is 11.9 Å². The zero-order chi connectivity index (χ0) is 14.4. The van der Waals surface area contributed by atoms with Crippen LogP contribution in [0.25, 0.3) is 0 Å². The predicted octanol–water partition coefficient (Wildman–Crippen LogP) is 2.65. The van der Waals surface area contributed by atoms with Gasteiger partial charge in [0.05, 0.1) is 22.6 Å². The largest absolute Gasteiger partial charge is 0.481 e. The maximum Gasteiger partial charge on any atom is 0.308 e. The van der Waals surface area contributed by atoms with Gasteiger partial charge in [-0.15, -0.1) is 0 Å². The average Bonchev–Trinajstić information content (AvgIpc) is 2.35. The molecule has 7 heteroatoms. The Balaban J connectivity index is 2.72. The van der Waals surface area contributed by atoms with Crippen LogP contribution in [0.15, 0.2) is 18.2 Å². The fourth-order valence-electron chi connectivity index (χ4n) is 1.66. The van der Waals surface area contributed by atoms with Crippen LogP contribution < -0.4 is 5.32 Å². The molecule has 1 aromatic carbocycles. The molecule has 0 radical (unpaired) electrons. The minimum atomic E-state index is -0.948. The molecule has 1 unspecified atom stereocenters. The lowest BCUT2D eigenvalue weighted by Gasteiger charge is -2.13. The molecule has 0 heterocycles. The molecule has 19 heavy (non-hydrogen) atoms. The summed E-state index contributed by atoms with van der Waals surface area (Å²) in [5, 5.41) is 22.1. The van der Waals surface area contributed by atoms with Gasteiger partial charge in [0.1, 0.15) is 0 Å². The highest BCUT2D eigenvalue weighted by atomic mass is 19.1. The Kier molecular flexibility index (Phi) is 5.23. The standard InChI is InChI=1S/C12H15FN2O4/c1-2-3-8(12(16)17)7-14-11-5-4-9(15(18)19)6-10(11)13/h4-6,8,14H,2-3,7H2,1H3,(H,16,17). The molecule has 0 saturated heterocycles. The second-order valence-electron chi connectivity index (χ2n) is 4.13. The van der Waals surface area contributed by atoms with E-state index in [0.717, 1.165) is 6.07 Å². The Bertz CT molecular complexity index is 479. The normalized spacial score (nSPS) is 11.9. The molecule has 104 valence electrons. The number of nitro benzene ring substituents is 1. The van der Waals surface area contributed by atoms with Crippen molar-refractivity contribution < 1.29 is 19.2 Å². The van der Waals surface area contributed by atoms with Gasteiger partial charge in [0.15, 0.2) is 5.82 Å². The van der Waals surface area contributed by atoms with Crippen LogP contribution in [0.1, 0.15) is 19.8 Å². The lowest BCUT2D eigenvalue weighted by Crippen LogP contribution is -2.23. The Morgan fingerprint density at radius 3 is 2.74 bits per heavy atom. The third-order valence-electron chi connectivity index (χ3n) is 2.69. The lowest BCUT2D eigenvalue weighted by atomic mass is 10.0. The molecule has 0 aliphatic heterocycles. The molecule has 0 spiro atoms. The molecule has 0 bridgehead atoms. The summed E-state index contributed by atoms with van der Waals surface area (Å²) in [5.74, 6) is -2.33. The number of nitrogens with zero attached hydrogens (tertiary/aromatic N) is 1. The molecule has 6 nitrogen and oxygen atoms in total. The Hall–Kier alpha value is -2.18. The smallest absolute Gasteiger partial charge is 0.308 e. The molecule has 1 aromatic rings. The van der Waals surface area contributed by atoms with Gasteiger partial charge in [0, 0.05) is 12.6 Å². The van der Waals surface area contributed by atoms with E-state index in [-0.39, 0.29) is 17.9 Å². The summed E-state index contributed by atoms with van der Waals surface area (Å²) in [6.07, 6.45) is 1.19. The number of aliphatic carboxylic acids is 1. The van der Waals surface area contributed by atoms with E-state index in [9.17, 15) is 19.3 Å². The van der Waals surface area contributed by atoms with Crippen molar-refractivity contribution in [1.82, 2.24) is 0 Å². The van der Waals surface area contributed by atoms with Gasteiger partial charge in [0.2, 0.25) is 0 Å². The molecule has 0 amide bonds. The monoisotopic (exact) mass is 270 g/mol. The van der Waals surface area contributed by atoms with Crippen LogP contribution >= 0.6 is 0 Å². The zero-order valence-corrected chi connectivity index (χ0v) is 10.4. The fraction of sp³-hybridized carbons (Fsp3) is 0.417. The molecular weight excluding hydrogens is 255 g/mol. The average molecular weight is 270 g/mol. The molecule has 0 aromatic heterocycles. The summed E-state index contributed by atoms with van der Waals surface area (Å²) in [7, 11) is 0. The first kappa shape index (κ1) is 14.9. The topological polar surface area (TPSA) is 92.5 Å². The number of hydrogen-bond donors (Lipinski definition) is 2. The molecule has 0 fully saturated rings. The Morgan fingerprint density at radius 1 is 1.58 bits per heavy atom. The number of carboxylic acid groups (broad SMARTS) is 1. The first-order chi connectivity index (χ1) is 8.95. The number of anilines is 1. The number of rotatable bonds is 7. The highest BCUT2D eigenvalue weighted by Gasteiger charge is 2.17. The molecule has 0 aliphatic carbocycles. The number of nitrogens with one attached hydrogen (secondary N) is 1. The molecule has 0 saturated carbocycles. The van der Waals surface area contributed by atoms with E-state index in [1.165, 1.54) is 12.1 Å². The van der Waals surface area contributed by atoms with Gasteiger partial charge in [0.25, 0.3) is 5.69 Å². The first-order valence-electron chi connectivity index (χ1n) is 5.86. The van der Waals surface area contributed by atoms with Crippen molar-refractivity contribution in [2.45, 2.75) is 19.8 Å². The van der Waals surface area contributed by atoms with Crippen molar-refractivity contribution in [2.24, 2.45) is 5.92 Å². The van der Waals surface area contributed by atoms with Gasteiger partial charge >= 0.3 is 5.97 Å². The second kappa shape index (κ2) is 6.67. The molecular formula is C12H15FN2O4. The van der Waals surface area contributed by atoms with Crippen molar-refractivity contribution in [3.63, 3.8) is 0 Å². The van der Waals surface area contributed by atoms with E-state index < -0.39 is 22.6 Å². The predicted molar refractivity (Wildman–Crippen MR) is 67.6 cm³/mol. The zero-order valence-electron chi connectivity index (χ0n) is 10.4. The molecule has 0 aliphatic rings. The van der Waals surface area contributed by atoms with Gasteiger partial charge in [-0.3, -0.25) is 14.9 Å². The van der Waals surface area contributed by atoms with Crippen molar-refractivity contribution in [1.29, 1.82) is 0 Å². The van der Waals surface area contributed by atoms with Gasteiger partial charge in [-0.1, -0.05) is 13.3 Å². The van der Waals surface area contributed by atoms with Gasteiger partial charge in [-0.05, 0) is 12.5 Å². The highest BCUT2D eigenvalue weighted by Crippen LogP contribution is 2.21. The van der Waals surface area contributed by atoms with Crippen LogP contribution in [0.2, 0.25) is 0 Å². The second-order valence-corrected chi connectivity index (χ2v) is 4.13. The van der Waals surface area contributed by atoms with E-state index in [1.807, 2.05) is 6.92 Å². The summed E-state index contributed by atoms with van der Waals surface area (Å²) < 4.78 is 13.5. The quantitative estimate of drug-likeness (QED) is 0.587. The fourth-order valence-corrected chi connectivity index (χ4v) is 1.66. The van der Waals surface area contributed by atoms with E-state index in [1.54, 1.807) is 0 Å². The first-order valence-corrected chi connectivity index (χ1v) is 5.86. The Labute approximate surface area is 109 Å². The Morgan fingerprint density at radius 2 is 2.26 bits per heavy atom. The van der Waals surface area contributed by atoms with Crippen LogP contribution in [0.4, 0.5) is 15.8 Å². The van der Waals surface area contributed by atoms with Crippen LogP contribution in [0.3, 0.4) is 0 Å². The van der Waals surface area contributed by atoms with Gasteiger partial charge in [-0.25, -0.2) is 4.39 Å². The molecule has 1 rings (SSSR count). The van der Waals surface area contributed by atoms with E-state index >= 15 is 0 Å². The summed E-state index contributed by atoms with van der Waals surface area (Å²) in [6.45, 7) is 1.94. The van der Waals surface area contributed by atoms with E-state index in [0.29, 0.717) is 12.8 Å². The summed E-state index contributed by atoms with van der Waals surface area (Å²) in [6, 6.07) is 3.21. The minimum Gasteiger partial charge on any atom is -0.481 e. The van der Waals surface area contributed by atoms with Crippen molar-refractivity contribution in [3.05, 3.63) is 34.1 Å². The minimum absolute atomic E-state index is 0.0629. The van der Waals surface area contributed by atoms with E-state index in [4.69, 9.17) is 5.11 Å².